The zero-order valence-corrected chi connectivity index (χ0v) is 7.47. The second-order valence-electron chi connectivity index (χ2n) is 3.02. The number of phenolic OH excluding ortho intramolecular Hbond substituents is 1. The number of phenols is 1. The molecular formula is C9H10BNO3. The number of aliphatic hydroxyl groups is 1. The molecule has 72 valence electrons. The Kier molecular flexibility index (Phi) is 3.14. The fourth-order valence-corrected chi connectivity index (χ4v) is 1.05. The minimum Gasteiger partial charge on any atom is -0.509 e. The number of benzene rings is 1. The molecule has 0 aliphatic carbocycles. The van der Waals surface area contributed by atoms with E-state index in [9.17, 15) is 4.79 Å². The Bertz CT molecular complexity index is 354. The summed E-state index contributed by atoms with van der Waals surface area (Å²) in [5.41, 5.74) is 5.73. The molecule has 0 spiro atoms. The molecule has 1 aromatic rings. The number of aromatic hydroxyl groups is 1. The van der Waals surface area contributed by atoms with Crippen molar-refractivity contribution in [1.29, 1.82) is 0 Å². The van der Waals surface area contributed by atoms with Crippen LogP contribution in [0.4, 0.5) is 0 Å². The maximum absolute atomic E-state index is 10.5. The predicted octanol–water partition coefficient (Wildman–Crippen LogP) is -1.43. The Hall–Kier alpha value is -1.49. The smallest absolute Gasteiger partial charge is 0.246 e. The van der Waals surface area contributed by atoms with Gasteiger partial charge in [-0.3, -0.25) is 4.79 Å². The molecule has 2 radical (unpaired) electrons. The standard InChI is InChI=1S/C9H10BNO3/c10-6-3-5(1-2-7(6)12)4-8(13)9(11)14/h1-3,8,12-13H,4H2,(H2,11,14)/t8-/m1/s1. The van der Waals surface area contributed by atoms with Gasteiger partial charge in [-0.1, -0.05) is 17.6 Å². The second kappa shape index (κ2) is 4.15. The van der Waals surface area contributed by atoms with Gasteiger partial charge in [0, 0.05) is 6.42 Å². The average Bonchev–Trinajstić information content (AvgIpc) is 2.11. The molecule has 0 unspecified atom stereocenters. The van der Waals surface area contributed by atoms with E-state index in [1.165, 1.54) is 12.1 Å². The summed E-state index contributed by atoms with van der Waals surface area (Å²) in [5.74, 6) is -0.807. The van der Waals surface area contributed by atoms with E-state index in [-0.39, 0.29) is 17.6 Å². The molecule has 0 saturated carbocycles. The molecule has 0 aliphatic rings. The van der Waals surface area contributed by atoms with Crippen molar-refractivity contribution in [2.45, 2.75) is 12.5 Å². The zero-order valence-electron chi connectivity index (χ0n) is 7.47. The Labute approximate surface area is 82.8 Å². The summed E-state index contributed by atoms with van der Waals surface area (Å²) in [7, 11) is 5.42. The van der Waals surface area contributed by atoms with Crippen LogP contribution in [0, 0.1) is 0 Å². The Balaban J connectivity index is 2.78. The molecule has 0 aromatic heterocycles. The van der Waals surface area contributed by atoms with Crippen molar-refractivity contribution in [3.05, 3.63) is 23.8 Å². The van der Waals surface area contributed by atoms with Crippen LogP contribution in [0.5, 0.6) is 5.75 Å². The number of aliphatic hydroxyl groups excluding tert-OH is 1. The van der Waals surface area contributed by atoms with Gasteiger partial charge in [-0.15, -0.1) is 0 Å². The number of hydrogen-bond donors (Lipinski definition) is 3. The normalized spacial score (nSPS) is 12.4. The van der Waals surface area contributed by atoms with Crippen LogP contribution in [0.2, 0.25) is 0 Å². The second-order valence-corrected chi connectivity index (χ2v) is 3.02. The first-order valence-corrected chi connectivity index (χ1v) is 4.05. The molecule has 1 rings (SSSR count). The van der Waals surface area contributed by atoms with E-state index < -0.39 is 12.0 Å². The molecule has 1 amide bonds. The summed E-state index contributed by atoms with van der Waals surface area (Å²) in [6.07, 6.45) is -1.13. The molecule has 0 saturated heterocycles. The molecule has 4 nitrogen and oxygen atoms in total. The molecule has 0 heterocycles. The molecular weight excluding hydrogens is 181 g/mol. The van der Waals surface area contributed by atoms with Crippen LogP contribution in [0.1, 0.15) is 5.56 Å². The Morgan fingerprint density at radius 3 is 2.71 bits per heavy atom. The highest BCUT2D eigenvalue weighted by Gasteiger charge is 2.11. The van der Waals surface area contributed by atoms with Gasteiger partial charge in [0.25, 0.3) is 0 Å². The summed E-state index contributed by atoms with van der Waals surface area (Å²) in [4.78, 5) is 10.5. The van der Waals surface area contributed by atoms with Gasteiger partial charge in [0.05, 0.1) is 0 Å². The van der Waals surface area contributed by atoms with Crippen LogP contribution in [0.25, 0.3) is 0 Å². The topological polar surface area (TPSA) is 83.5 Å². The number of amides is 1. The summed E-state index contributed by atoms with van der Waals surface area (Å²) >= 11 is 0. The lowest BCUT2D eigenvalue weighted by atomic mass is 9.92. The first-order chi connectivity index (χ1) is 6.50. The van der Waals surface area contributed by atoms with Gasteiger partial charge in [-0.2, -0.15) is 0 Å². The highest BCUT2D eigenvalue weighted by atomic mass is 16.3. The maximum Gasteiger partial charge on any atom is 0.246 e. The van der Waals surface area contributed by atoms with E-state index in [0.29, 0.717) is 5.56 Å². The monoisotopic (exact) mass is 191 g/mol. The first kappa shape index (κ1) is 10.6. The third-order valence-electron chi connectivity index (χ3n) is 1.85. The van der Waals surface area contributed by atoms with Crippen molar-refractivity contribution in [2.24, 2.45) is 5.73 Å². The quantitative estimate of drug-likeness (QED) is 0.512. The highest BCUT2D eigenvalue weighted by Crippen LogP contribution is 2.08. The molecule has 1 aromatic carbocycles. The van der Waals surface area contributed by atoms with Crippen molar-refractivity contribution in [1.82, 2.24) is 0 Å². The largest absolute Gasteiger partial charge is 0.509 e. The van der Waals surface area contributed by atoms with Crippen LogP contribution in [0.3, 0.4) is 0 Å². The fourth-order valence-electron chi connectivity index (χ4n) is 1.05. The fraction of sp³-hybridized carbons (Fsp3) is 0.222. The van der Waals surface area contributed by atoms with E-state index in [2.05, 4.69) is 0 Å². The van der Waals surface area contributed by atoms with Crippen LogP contribution < -0.4 is 11.2 Å². The molecule has 1 atom stereocenters. The van der Waals surface area contributed by atoms with Crippen molar-refractivity contribution in [2.75, 3.05) is 0 Å². The van der Waals surface area contributed by atoms with E-state index in [1.807, 2.05) is 0 Å². The van der Waals surface area contributed by atoms with E-state index in [4.69, 9.17) is 23.8 Å². The van der Waals surface area contributed by atoms with E-state index >= 15 is 0 Å². The van der Waals surface area contributed by atoms with Crippen molar-refractivity contribution in [3.8, 4) is 5.75 Å². The van der Waals surface area contributed by atoms with Gasteiger partial charge in [0.1, 0.15) is 19.7 Å². The summed E-state index contributed by atoms with van der Waals surface area (Å²) in [6.45, 7) is 0. The molecule has 4 N–H and O–H groups in total. The van der Waals surface area contributed by atoms with Gasteiger partial charge in [0.15, 0.2) is 0 Å². The minimum atomic E-state index is -1.22. The highest BCUT2D eigenvalue weighted by molar-refractivity contribution is 6.34. The van der Waals surface area contributed by atoms with Crippen LogP contribution in [-0.4, -0.2) is 30.1 Å². The summed E-state index contributed by atoms with van der Waals surface area (Å²) in [5, 5.41) is 18.3. The molecule has 0 aliphatic heterocycles. The number of hydrogen-bond acceptors (Lipinski definition) is 3. The number of carbonyl (C=O) groups is 1. The zero-order chi connectivity index (χ0) is 10.7. The van der Waals surface area contributed by atoms with Gasteiger partial charge < -0.3 is 15.9 Å². The average molecular weight is 191 g/mol. The van der Waals surface area contributed by atoms with Crippen LogP contribution in [-0.2, 0) is 11.2 Å². The molecule has 5 heteroatoms. The minimum absolute atomic E-state index is 0.0256. The summed E-state index contributed by atoms with van der Waals surface area (Å²) < 4.78 is 0. The van der Waals surface area contributed by atoms with Crippen molar-refractivity contribution >= 4 is 19.2 Å². The number of primary amides is 1. The lowest BCUT2D eigenvalue weighted by molar-refractivity contribution is -0.125. The third kappa shape index (κ3) is 2.50. The first-order valence-electron chi connectivity index (χ1n) is 4.05. The van der Waals surface area contributed by atoms with Gasteiger partial charge in [-0.05, 0) is 11.6 Å². The SMILES string of the molecule is [B]c1cc(C[C@@H](O)C(N)=O)ccc1O. The number of nitrogens with two attached hydrogens (primary N) is 1. The third-order valence-corrected chi connectivity index (χ3v) is 1.85. The van der Waals surface area contributed by atoms with Crippen molar-refractivity contribution in [3.63, 3.8) is 0 Å². The molecule has 14 heavy (non-hydrogen) atoms. The number of rotatable bonds is 3. The maximum atomic E-state index is 10.5. The van der Waals surface area contributed by atoms with Gasteiger partial charge >= 0.3 is 0 Å². The van der Waals surface area contributed by atoms with E-state index in [1.54, 1.807) is 6.07 Å². The lowest BCUT2D eigenvalue weighted by Gasteiger charge is -2.07. The van der Waals surface area contributed by atoms with E-state index in [0.717, 1.165) is 0 Å². The molecule has 0 fully saturated rings. The number of carbonyl (C=O) groups excluding carboxylic acids is 1. The van der Waals surface area contributed by atoms with Gasteiger partial charge in [-0.25, -0.2) is 0 Å². The Morgan fingerprint density at radius 2 is 2.21 bits per heavy atom. The summed E-state index contributed by atoms with van der Waals surface area (Å²) in [6, 6.07) is 4.46. The Morgan fingerprint density at radius 1 is 1.57 bits per heavy atom. The van der Waals surface area contributed by atoms with Crippen molar-refractivity contribution < 1.29 is 15.0 Å². The lowest BCUT2D eigenvalue weighted by Crippen LogP contribution is -2.30. The van der Waals surface area contributed by atoms with Crippen LogP contribution >= 0.6 is 0 Å². The molecule has 0 bridgehead atoms. The van der Waals surface area contributed by atoms with Crippen LogP contribution in [0.15, 0.2) is 18.2 Å². The van der Waals surface area contributed by atoms with Gasteiger partial charge in [0.2, 0.25) is 5.91 Å². The predicted molar refractivity (Wildman–Crippen MR) is 52.4 cm³/mol.